The van der Waals surface area contributed by atoms with E-state index in [0.29, 0.717) is 11.3 Å². The Kier molecular flexibility index (Phi) is 2.29. The highest BCUT2D eigenvalue weighted by atomic mass is 16.5. The largest absolute Gasteiger partial charge is 0.496 e. The van der Waals surface area contributed by atoms with Gasteiger partial charge in [0.25, 0.3) is 0 Å². The molecule has 15 heavy (non-hydrogen) atoms. The van der Waals surface area contributed by atoms with Gasteiger partial charge in [-0.3, -0.25) is 4.79 Å². The first-order chi connectivity index (χ1) is 7.24. The zero-order valence-electron chi connectivity index (χ0n) is 8.28. The second kappa shape index (κ2) is 3.61. The van der Waals surface area contributed by atoms with Gasteiger partial charge in [-0.05, 0) is 17.5 Å². The second-order valence-electron chi connectivity index (χ2n) is 3.14. The molecule has 2 rings (SSSR count). The van der Waals surface area contributed by atoms with Crippen LogP contribution >= 0.6 is 0 Å². The number of benzene rings is 2. The molecule has 0 saturated heterocycles. The summed E-state index contributed by atoms with van der Waals surface area (Å²) in [5.74, 6) is 0.212. The minimum Gasteiger partial charge on any atom is -0.496 e. The van der Waals surface area contributed by atoms with Crippen LogP contribution in [0.1, 0.15) is 10.4 Å². The maximum atomic E-state index is 11.2. The van der Waals surface area contributed by atoms with Crippen molar-refractivity contribution in [2.75, 3.05) is 7.11 Å². The minimum atomic E-state index is -0.478. The molecule has 3 heteroatoms. The summed E-state index contributed by atoms with van der Waals surface area (Å²) in [5.41, 5.74) is 5.66. The Balaban J connectivity index is 2.83. The van der Waals surface area contributed by atoms with E-state index in [1.165, 1.54) is 0 Å². The van der Waals surface area contributed by atoms with Gasteiger partial charge < -0.3 is 10.5 Å². The normalized spacial score (nSPS) is 10.2. The number of hydrogen-bond donors (Lipinski definition) is 1. The Bertz CT molecular complexity index is 520. The van der Waals surface area contributed by atoms with Gasteiger partial charge in [-0.25, -0.2) is 0 Å². The molecule has 0 aliphatic carbocycles. The monoisotopic (exact) mass is 200 g/mol. The van der Waals surface area contributed by atoms with Crippen LogP contribution in [0.2, 0.25) is 0 Å². The van der Waals surface area contributed by atoms with Crippen molar-refractivity contribution >= 4 is 16.7 Å². The molecule has 0 aliphatic rings. The molecule has 2 aromatic rings. The molecule has 0 atom stereocenters. The molecule has 0 heterocycles. The number of fused-ring (bicyclic) bond motifs is 1. The van der Waals surface area contributed by atoms with Gasteiger partial charge in [0.15, 0.2) is 0 Å². The van der Waals surface area contributed by atoms with Crippen molar-refractivity contribution in [1.82, 2.24) is 0 Å². The van der Waals surface area contributed by atoms with Gasteiger partial charge in [-0.2, -0.15) is 0 Å². The van der Waals surface area contributed by atoms with Crippen LogP contribution in [0.3, 0.4) is 0 Å². The Morgan fingerprint density at radius 1 is 1.33 bits per heavy atom. The number of hydrogen-bond acceptors (Lipinski definition) is 2. The Morgan fingerprint density at radius 2 is 2.00 bits per heavy atom. The highest BCUT2D eigenvalue weighted by molar-refractivity contribution is 6.07. The SMILES string of the molecule is COc1c[c]c(C(N)=O)c2ccccc12. The summed E-state index contributed by atoms with van der Waals surface area (Å²) < 4.78 is 5.18. The third-order valence-electron chi connectivity index (χ3n) is 2.28. The fourth-order valence-corrected chi connectivity index (χ4v) is 1.58. The summed E-state index contributed by atoms with van der Waals surface area (Å²) in [7, 11) is 1.58. The maximum absolute atomic E-state index is 11.2. The first kappa shape index (κ1) is 9.52. The lowest BCUT2D eigenvalue weighted by Gasteiger charge is -2.07. The molecule has 2 N–H and O–H groups in total. The van der Waals surface area contributed by atoms with Crippen molar-refractivity contribution in [3.05, 3.63) is 42.0 Å². The molecule has 1 radical (unpaired) electrons. The fraction of sp³-hybridized carbons (Fsp3) is 0.0833. The number of methoxy groups -OCH3 is 1. The number of rotatable bonds is 2. The quantitative estimate of drug-likeness (QED) is 0.802. The molecule has 75 valence electrons. The van der Waals surface area contributed by atoms with E-state index in [1.54, 1.807) is 13.2 Å². The topological polar surface area (TPSA) is 52.3 Å². The van der Waals surface area contributed by atoms with Gasteiger partial charge in [0.05, 0.1) is 12.7 Å². The lowest BCUT2D eigenvalue weighted by molar-refractivity contribution is 0.100. The van der Waals surface area contributed by atoms with Crippen molar-refractivity contribution in [3.8, 4) is 5.75 Å². The van der Waals surface area contributed by atoms with Crippen LogP contribution in [-0.4, -0.2) is 13.0 Å². The average molecular weight is 200 g/mol. The van der Waals surface area contributed by atoms with Gasteiger partial charge in [0, 0.05) is 5.39 Å². The maximum Gasteiger partial charge on any atom is 0.249 e. The summed E-state index contributed by atoms with van der Waals surface area (Å²) in [6, 6.07) is 11.9. The third-order valence-corrected chi connectivity index (χ3v) is 2.28. The Labute approximate surface area is 87.5 Å². The van der Waals surface area contributed by atoms with E-state index >= 15 is 0 Å². The standard InChI is InChI=1S/C12H10NO2/c1-15-11-7-6-10(12(13)14)8-4-2-3-5-9(8)11/h2-5,7H,1H3,(H2,13,14). The van der Waals surface area contributed by atoms with Crippen molar-refractivity contribution < 1.29 is 9.53 Å². The number of carbonyl (C=O) groups is 1. The number of nitrogens with two attached hydrogens (primary N) is 1. The van der Waals surface area contributed by atoms with E-state index in [4.69, 9.17) is 10.5 Å². The first-order valence-corrected chi connectivity index (χ1v) is 4.51. The summed E-state index contributed by atoms with van der Waals surface area (Å²) in [6.45, 7) is 0. The molecule has 0 aliphatic heterocycles. The highest BCUT2D eigenvalue weighted by Gasteiger charge is 2.09. The third kappa shape index (κ3) is 1.52. The lowest BCUT2D eigenvalue weighted by Crippen LogP contribution is -2.11. The zero-order valence-corrected chi connectivity index (χ0v) is 8.28. The van der Waals surface area contributed by atoms with Crippen molar-refractivity contribution in [3.63, 3.8) is 0 Å². The first-order valence-electron chi connectivity index (χ1n) is 4.51. The minimum absolute atomic E-state index is 0.395. The van der Waals surface area contributed by atoms with Crippen LogP contribution in [0, 0.1) is 6.07 Å². The van der Waals surface area contributed by atoms with Crippen LogP contribution in [0.4, 0.5) is 0 Å². The zero-order chi connectivity index (χ0) is 10.8. The summed E-state index contributed by atoms with van der Waals surface area (Å²) in [5, 5.41) is 1.64. The predicted octanol–water partition coefficient (Wildman–Crippen LogP) is 1.75. The van der Waals surface area contributed by atoms with E-state index < -0.39 is 5.91 Å². The molecular formula is C12H10NO2. The molecule has 1 amide bonds. The van der Waals surface area contributed by atoms with E-state index in [9.17, 15) is 4.79 Å². The molecule has 2 aromatic carbocycles. The average Bonchev–Trinajstić information content (AvgIpc) is 2.27. The number of primary amides is 1. The smallest absolute Gasteiger partial charge is 0.249 e. The van der Waals surface area contributed by atoms with Crippen LogP contribution < -0.4 is 10.5 Å². The van der Waals surface area contributed by atoms with Gasteiger partial charge in [-0.1, -0.05) is 24.3 Å². The van der Waals surface area contributed by atoms with Crippen LogP contribution in [0.5, 0.6) is 5.75 Å². The van der Waals surface area contributed by atoms with Gasteiger partial charge in [-0.15, -0.1) is 0 Å². The molecule has 0 saturated carbocycles. The van der Waals surface area contributed by atoms with Crippen molar-refractivity contribution in [2.45, 2.75) is 0 Å². The molecule has 0 fully saturated rings. The van der Waals surface area contributed by atoms with Crippen LogP contribution in [0.25, 0.3) is 10.8 Å². The van der Waals surface area contributed by atoms with Crippen molar-refractivity contribution in [2.24, 2.45) is 5.73 Å². The van der Waals surface area contributed by atoms with Crippen LogP contribution in [0.15, 0.2) is 30.3 Å². The molecule has 0 aromatic heterocycles. The van der Waals surface area contributed by atoms with E-state index in [2.05, 4.69) is 6.07 Å². The molecule has 0 spiro atoms. The molecular weight excluding hydrogens is 190 g/mol. The molecule has 3 nitrogen and oxygen atoms in total. The Morgan fingerprint density at radius 3 is 2.60 bits per heavy atom. The molecule has 0 unspecified atom stereocenters. The summed E-state index contributed by atoms with van der Waals surface area (Å²) in [6.07, 6.45) is 0. The van der Waals surface area contributed by atoms with Gasteiger partial charge in [0.1, 0.15) is 5.75 Å². The number of ether oxygens (including phenoxy) is 1. The predicted molar refractivity (Wildman–Crippen MR) is 57.9 cm³/mol. The van der Waals surface area contributed by atoms with Crippen molar-refractivity contribution in [1.29, 1.82) is 0 Å². The summed E-state index contributed by atoms with van der Waals surface area (Å²) in [4.78, 5) is 11.2. The van der Waals surface area contributed by atoms with Crippen LogP contribution in [-0.2, 0) is 0 Å². The molecule has 0 bridgehead atoms. The van der Waals surface area contributed by atoms with Gasteiger partial charge >= 0.3 is 0 Å². The van der Waals surface area contributed by atoms with E-state index in [-0.39, 0.29) is 0 Å². The summed E-state index contributed by atoms with van der Waals surface area (Å²) >= 11 is 0. The highest BCUT2D eigenvalue weighted by Crippen LogP contribution is 2.27. The second-order valence-corrected chi connectivity index (χ2v) is 3.14. The van der Waals surface area contributed by atoms with E-state index in [1.807, 2.05) is 24.3 Å². The number of amides is 1. The lowest BCUT2D eigenvalue weighted by atomic mass is 10.0. The van der Waals surface area contributed by atoms with E-state index in [0.717, 1.165) is 10.8 Å². The van der Waals surface area contributed by atoms with Gasteiger partial charge in [0.2, 0.25) is 5.91 Å². The fourth-order valence-electron chi connectivity index (χ4n) is 1.58. The number of carbonyl (C=O) groups excluding carboxylic acids is 1. The Hall–Kier alpha value is -2.03.